The first kappa shape index (κ1) is 59.3. The number of carboxylic acid groups (broad SMARTS) is 1. The second-order valence-corrected chi connectivity index (χ2v) is 15.5. The number of likely N-dealkylation sites (tertiary alicyclic amines) is 1. The lowest BCUT2D eigenvalue weighted by molar-refractivity contribution is -0.137. The summed E-state index contributed by atoms with van der Waals surface area (Å²) in [6, 6.07) is 19.3. The molecule has 15 nitrogen and oxygen atoms in total. The van der Waals surface area contributed by atoms with E-state index in [1.54, 1.807) is 24.3 Å². The molecule has 4 aromatic carbocycles. The molecule has 3 amide bonds. The summed E-state index contributed by atoms with van der Waals surface area (Å²) >= 11 is 0. The van der Waals surface area contributed by atoms with E-state index in [0.717, 1.165) is 12.1 Å². The summed E-state index contributed by atoms with van der Waals surface area (Å²) in [7, 11) is 15.8. The largest absolute Gasteiger partial charge is 0.480 e. The Bertz CT molecular complexity index is 2960. The van der Waals surface area contributed by atoms with Crippen molar-refractivity contribution in [3.05, 3.63) is 175 Å². The number of hydrogen-bond donors (Lipinski definition) is 4. The summed E-state index contributed by atoms with van der Waals surface area (Å²) in [5.41, 5.74) is 2.67. The Labute approximate surface area is 428 Å². The fraction of sp³-hybridized carbons (Fsp3) is 0.160. The van der Waals surface area contributed by atoms with Gasteiger partial charge in [0.05, 0.1) is 30.8 Å². The van der Waals surface area contributed by atoms with Crippen LogP contribution in [0.4, 0.5) is 28.9 Å². The molecule has 0 aromatic heterocycles. The van der Waals surface area contributed by atoms with E-state index in [2.05, 4.69) is 25.6 Å². The number of aliphatic carboxylic acids is 1. The van der Waals surface area contributed by atoms with Gasteiger partial charge in [0, 0.05) is 99.0 Å². The van der Waals surface area contributed by atoms with Crippen molar-refractivity contribution >= 4 is 108 Å². The summed E-state index contributed by atoms with van der Waals surface area (Å²) in [5, 5.41) is 33.6. The number of piperidine rings is 2. The summed E-state index contributed by atoms with van der Waals surface area (Å²) in [6.45, 7) is 16.6. The van der Waals surface area contributed by atoms with Crippen molar-refractivity contribution in [3.8, 4) is 12.1 Å². The first-order chi connectivity index (χ1) is 35.1. The van der Waals surface area contributed by atoms with Crippen LogP contribution in [0.3, 0.4) is 0 Å². The average Bonchev–Trinajstić information content (AvgIpc) is 3.37. The molecular weight excluding hydrogens is 955 g/mol. The van der Waals surface area contributed by atoms with Crippen LogP contribution in [-0.4, -0.2) is 121 Å². The molecule has 2 aliphatic rings. The number of hydrogen-bond acceptors (Lipinski definition) is 9. The predicted octanol–water partition coefficient (Wildman–Crippen LogP) is 4.73. The smallest absolute Gasteiger partial charge is 0.322 e. The molecule has 0 unspecified atom stereocenters. The van der Waals surface area contributed by atoms with Gasteiger partial charge >= 0.3 is 5.97 Å². The highest BCUT2D eigenvalue weighted by Gasteiger charge is 2.29. The van der Waals surface area contributed by atoms with Crippen molar-refractivity contribution in [1.29, 1.82) is 10.5 Å². The number of nitrogens with one attached hydrogen (secondary N) is 3. The number of rotatable bonds is 9. The van der Waals surface area contributed by atoms with Crippen LogP contribution in [0.15, 0.2) is 95.1 Å². The first-order valence-corrected chi connectivity index (χ1v) is 21.5. The molecule has 363 valence electrons. The highest BCUT2D eigenvalue weighted by Crippen LogP contribution is 2.27. The van der Waals surface area contributed by atoms with Gasteiger partial charge in [-0.1, -0.05) is 24.3 Å². The minimum atomic E-state index is -1.03. The van der Waals surface area contributed by atoms with Crippen molar-refractivity contribution < 1.29 is 51.4 Å². The normalized spacial score (nSPS) is 14.7. The Kier molecular flexibility index (Phi) is 23.6. The first-order valence-electron chi connectivity index (χ1n) is 21.5. The molecule has 4 aromatic rings. The zero-order valence-electron chi connectivity index (χ0n) is 39.5. The van der Waals surface area contributed by atoms with Gasteiger partial charge in [0.1, 0.15) is 42.0 Å². The van der Waals surface area contributed by atoms with Crippen molar-refractivity contribution in [2.75, 3.05) is 39.3 Å². The molecule has 2 heterocycles. The van der Waals surface area contributed by atoms with Crippen LogP contribution in [-0.2, 0) is 28.8 Å². The molecule has 0 aliphatic carbocycles. The second kappa shape index (κ2) is 29.4. The molecule has 2 fully saturated rings. The Morgan fingerprint density at radius 3 is 1.38 bits per heavy atom. The van der Waals surface area contributed by atoms with E-state index in [1.165, 1.54) is 98.6 Å². The van der Waals surface area contributed by atoms with Gasteiger partial charge in [-0.2, -0.15) is 10.5 Å². The molecule has 2 saturated heterocycles. The molecule has 6 rings (SSSR count). The number of nitrogens with zero attached hydrogens (tertiary/aromatic N) is 5. The number of nitriles is 2. The van der Waals surface area contributed by atoms with Crippen molar-refractivity contribution in [2.24, 2.45) is 0 Å². The van der Waals surface area contributed by atoms with Crippen molar-refractivity contribution in [1.82, 2.24) is 20.9 Å². The van der Waals surface area contributed by atoms with Crippen molar-refractivity contribution in [3.63, 3.8) is 0 Å². The van der Waals surface area contributed by atoms with E-state index in [0.29, 0.717) is 46.5 Å². The molecule has 24 heteroatoms. The van der Waals surface area contributed by atoms with Crippen molar-refractivity contribution in [2.45, 2.75) is 13.8 Å². The van der Waals surface area contributed by atoms with Gasteiger partial charge in [-0.15, -0.1) is 0 Å². The van der Waals surface area contributed by atoms with E-state index >= 15 is 0 Å². The Morgan fingerprint density at radius 1 is 0.689 bits per heavy atom. The lowest BCUT2D eigenvalue weighted by Crippen LogP contribution is -2.45. The van der Waals surface area contributed by atoms with E-state index in [-0.39, 0.29) is 83.2 Å². The third-order valence-electron chi connectivity index (χ3n) is 9.84. The summed E-state index contributed by atoms with van der Waals surface area (Å²) in [4.78, 5) is 77.0. The number of benzene rings is 4. The fourth-order valence-electron chi connectivity index (χ4n) is 6.31. The molecule has 74 heavy (non-hydrogen) atoms. The number of Topliss-reactive ketones (excluding diaryl/α,β-unsaturated/α-hetero) is 2. The number of carbonyl (C=O) groups is 6. The maximum absolute atomic E-state index is 13.7. The predicted molar refractivity (Wildman–Crippen MR) is 273 cm³/mol. The molecular formula is C50H38B5F4N8O7. The topological polar surface area (TPSA) is 218 Å². The molecule has 7 radical (unpaired) electrons. The zero-order valence-corrected chi connectivity index (χ0v) is 39.5. The minimum absolute atomic E-state index is 0.0633. The summed E-state index contributed by atoms with van der Waals surface area (Å²) in [6.07, 6.45) is 5.69. The number of carboxylic acids is 1. The van der Waals surface area contributed by atoms with Crippen LogP contribution in [0.1, 0.15) is 47.2 Å². The van der Waals surface area contributed by atoms with Crippen LogP contribution in [0, 0.1) is 59.1 Å². The SMILES string of the molecule is CC(=O)NCC(=O)O.[B][B]B([B])[B].[C-]#[N+]c1cc(/C=C2\CN(C(=O)CNC(C)=O)C/C(=C\c3ccc(F)c(C#N)c3)C2=O)ccc1F.[C-]#[N+]c1cc(/C=C2\CNC/C(=C\c3ccc(F)c(C#N)c3)C2=O)ccc1F. The van der Waals surface area contributed by atoms with Crippen LogP contribution >= 0.6 is 0 Å². The zero-order chi connectivity index (χ0) is 55.1. The van der Waals surface area contributed by atoms with Crippen LogP contribution < -0.4 is 16.0 Å². The van der Waals surface area contributed by atoms with Crippen LogP contribution in [0.5, 0.6) is 0 Å². The van der Waals surface area contributed by atoms with Gasteiger partial charge in [-0.25, -0.2) is 27.3 Å². The maximum atomic E-state index is 13.7. The minimum Gasteiger partial charge on any atom is -0.480 e. The van der Waals surface area contributed by atoms with Gasteiger partial charge in [-0.05, 0) is 95.1 Å². The van der Waals surface area contributed by atoms with E-state index in [9.17, 15) is 46.3 Å². The third kappa shape index (κ3) is 19.0. The van der Waals surface area contributed by atoms with E-state index in [4.69, 9.17) is 52.0 Å². The molecule has 0 spiro atoms. The van der Waals surface area contributed by atoms with Crippen LogP contribution in [0.25, 0.3) is 34.0 Å². The fourth-order valence-corrected chi connectivity index (χ4v) is 6.31. The van der Waals surface area contributed by atoms with Gasteiger partial charge in [0.2, 0.25) is 29.1 Å². The standard InChI is InChI=1S/C25H18F2N4O3.C21H13F2N3O.C4H7NO3.B5/c1-15(32)30-12-24(33)31-13-19(8-16-3-5-21(26)18(7-16)11-28)25(34)20(14-31)9-17-4-6-22(27)23(10-17)29-2;1-25-20-9-14(3-5-19(20)23)8-17-12-26-11-16(21(17)27)7-13-2-4-18(22)15(6-13)10-24;1-3(6)5-2-4(7)8;1-4-5(2)3/h3-10H,12-14H2,1H3,(H,30,32);2-9,26H,11-12H2;2H2,1H3,(H,5,6)(H,7,8);/b19-8+,20-9+;16-7+,17-8+;;. The van der Waals surface area contributed by atoms with Crippen LogP contribution in [0.2, 0.25) is 0 Å². The Balaban J connectivity index is 0.000000319. The highest BCUT2D eigenvalue weighted by molar-refractivity contribution is 7.60. The van der Waals surface area contributed by atoms with E-state index < -0.39 is 41.5 Å². The highest BCUT2D eigenvalue weighted by atomic mass is 19.1. The van der Waals surface area contributed by atoms with Gasteiger partial charge < -0.3 is 26.0 Å². The average molecular weight is 993 g/mol. The number of carbonyl (C=O) groups excluding carboxylic acids is 5. The Hall–Kier alpha value is -8.98. The van der Waals surface area contributed by atoms with E-state index in [1.807, 2.05) is 0 Å². The van der Waals surface area contributed by atoms with Gasteiger partial charge in [0.25, 0.3) is 0 Å². The second-order valence-electron chi connectivity index (χ2n) is 15.5. The van der Waals surface area contributed by atoms with Gasteiger partial charge in [0.15, 0.2) is 11.6 Å². The number of amides is 3. The monoisotopic (exact) mass is 993 g/mol. The number of ketones is 2. The Morgan fingerprint density at radius 2 is 1.04 bits per heavy atom. The lowest BCUT2D eigenvalue weighted by atomic mass is 8.97. The molecule has 0 saturated carbocycles. The van der Waals surface area contributed by atoms with Gasteiger partial charge in [-0.3, -0.25) is 28.8 Å². The summed E-state index contributed by atoms with van der Waals surface area (Å²) in [5.74, 6) is -5.36. The summed E-state index contributed by atoms with van der Waals surface area (Å²) < 4.78 is 54.3. The molecule has 0 bridgehead atoms. The molecule has 0 atom stereocenters. The lowest BCUT2D eigenvalue weighted by Gasteiger charge is -2.30. The quantitative estimate of drug-likeness (QED) is 0.0782. The number of halogens is 4. The molecule has 4 N–H and O–H groups in total. The third-order valence-corrected chi connectivity index (χ3v) is 9.84. The maximum Gasteiger partial charge on any atom is 0.322 e. The molecule has 2 aliphatic heterocycles.